The van der Waals surface area contributed by atoms with Crippen LogP contribution in [0.4, 0.5) is 0 Å². The van der Waals surface area contributed by atoms with Crippen LogP contribution in [0, 0.1) is 0 Å². The molecule has 1 amide bonds. The highest BCUT2D eigenvalue weighted by Gasteiger charge is 2.51. The average molecular weight is 185 g/mol. The number of likely N-dealkylation sites (N-methyl/N-ethyl adjacent to an activating group) is 1. The molecule has 2 fully saturated rings. The fraction of sp³-hybridized carbons (Fsp3) is 0.889. The van der Waals surface area contributed by atoms with E-state index in [0.29, 0.717) is 0 Å². The molecule has 0 aromatic heterocycles. The average Bonchev–Trinajstić information content (AvgIpc) is 2.64. The number of aliphatic hydroxyl groups excluding tert-OH is 1. The fourth-order valence-electron chi connectivity index (χ4n) is 2.21. The van der Waals surface area contributed by atoms with E-state index < -0.39 is 6.10 Å². The molecule has 13 heavy (non-hydrogen) atoms. The normalized spacial score (nSPS) is 44.2. The molecular weight excluding hydrogens is 170 g/mol. The third-order valence-electron chi connectivity index (χ3n) is 3.10. The zero-order chi connectivity index (χ0) is 9.59. The van der Waals surface area contributed by atoms with Crippen molar-refractivity contribution in [2.45, 2.75) is 44.1 Å². The van der Waals surface area contributed by atoms with Gasteiger partial charge in [0.25, 0.3) is 5.91 Å². The Kier molecular flexibility index (Phi) is 2.04. The van der Waals surface area contributed by atoms with E-state index in [1.807, 2.05) is 0 Å². The Hall–Kier alpha value is -0.610. The highest BCUT2D eigenvalue weighted by molar-refractivity contribution is 5.84. The lowest BCUT2D eigenvalue weighted by molar-refractivity contribution is -0.137. The van der Waals surface area contributed by atoms with Crippen LogP contribution in [-0.2, 0) is 9.53 Å². The quantitative estimate of drug-likeness (QED) is 0.613. The summed E-state index contributed by atoms with van der Waals surface area (Å²) < 4.78 is 5.58. The molecule has 0 aromatic rings. The zero-order valence-electron chi connectivity index (χ0n) is 7.93. The van der Waals surface area contributed by atoms with Crippen molar-refractivity contribution in [3.63, 3.8) is 0 Å². The van der Waals surface area contributed by atoms with E-state index in [1.165, 1.54) is 0 Å². The van der Waals surface area contributed by atoms with Gasteiger partial charge in [0.05, 0.1) is 12.1 Å². The molecule has 2 aliphatic rings. The molecule has 0 bridgehead atoms. The lowest BCUT2D eigenvalue weighted by atomic mass is 10.1. The zero-order valence-corrected chi connectivity index (χ0v) is 7.93. The standard InChI is InChI=1S/C9H15NO3/c1-3-5-4-6-8(13-5)7(11)9(12)10(6)2/h5-8,11H,3-4H2,1-2H3/t5?,6-,7+,8+/m0/s1. The van der Waals surface area contributed by atoms with Gasteiger partial charge in [0.1, 0.15) is 6.10 Å². The van der Waals surface area contributed by atoms with Crippen LogP contribution in [-0.4, -0.2) is 47.3 Å². The maximum absolute atomic E-state index is 11.3. The molecule has 0 radical (unpaired) electrons. The van der Waals surface area contributed by atoms with E-state index in [4.69, 9.17) is 4.74 Å². The van der Waals surface area contributed by atoms with Gasteiger partial charge in [-0.2, -0.15) is 0 Å². The van der Waals surface area contributed by atoms with Crippen LogP contribution in [0.15, 0.2) is 0 Å². The van der Waals surface area contributed by atoms with Gasteiger partial charge >= 0.3 is 0 Å². The van der Waals surface area contributed by atoms with Gasteiger partial charge in [0.15, 0.2) is 6.10 Å². The molecule has 0 saturated carbocycles. The Morgan fingerprint density at radius 2 is 2.38 bits per heavy atom. The summed E-state index contributed by atoms with van der Waals surface area (Å²) in [7, 11) is 1.73. The molecule has 1 unspecified atom stereocenters. The molecule has 1 N–H and O–H groups in total. The predicted octanol–water partition coefficient (Wildman–Crippen LogP) is -0.245. The van der Waals surface area contributed by atoms with Crippen LogP contribution in [0.2, 0.25) is 0 Å². The number of carbonyl (C=O) groups excluding carboxylic acids is 1. The van der Waals surface area contributed by atoms with Gasteiger partial charge in [0, 0.05) is 7.05 Å². The lowest BCUT2D eigenvalue weighted by Crippen LogP contribution is -2.31. The minimum atomic E-state index is -0.938. The van der Waals surface area contributed by atoms with Gasteiger partial charge in [-0.15, -0.1) is 0 Å². The van der Waals surface area contributed by atoms with Gasteiger partial charge < -0.3 is 14.7 Å². The van der Waals surface area contributed by atoms with Crippen molar-refractivity contribution in [1.29, 1.82) is 0 Å². The van der Waals surface area contributed by atoms with Crippen molar-refractivity contribution in [3.05, 3.63) is 0 Å². The van der Waals surface area contributed by atoms with Crippen LogP contribution in [0.5, 0.6) is 0 Å². The largest absolute Gasteiger partial charge is 0.380 e. The number of hydrogen-bond donors (Lipinski definition) is 1. The van der Waals surface area contributed by atoms with Crippen LogP contribution >= 0.6 is 0 Å². The summed E-state index contributed by atoms with van der Waals surface area (Å²) in [5.41, 5.74) is 0. The third kappa shape index (κ3) is 1.16. The fourth-order valence-corrected chi connectivity index (χ4v) is 2.21. The van der Waals surface area contributed by atoms with Crippen LogP contribution in [0.3, 0.4) is 0 Å². The topological polar surface area (TPSA) is 49.8 Å². The molecule has 4 heteroatoms. The Balaban J connectivity index is 2.13. The first-order valence-electron chi connectivity index (χ1n) is 4.75. The minimum absolute atomic E-state index is 0.0902. The molecule has 4 nitrogen and oxygen atoms in total. The predicted molar refractivity (Wildman–Crippen MR) is 46.1 cm³/mol. The second-order valence-corrected chi connectivity index (χ2v) is 3.83. The number of hydrogen-bond acceptors (Lipinski definition) is 3. The van der Waals surface area contributed by atoms with Crippen LogP contribution in [0.1, 0.15) is 19.8 Å². The summed E-state index contributed by atoms with van der Waals surface area (Å²) in [4.78, 5) is 12.9. The van der Waals surface area contributed by atoms with Crippen molar-refractivity contribution in [2.75, 3.05) is 7.05 Å². The van der Waals surface area contributed by atoms with E-state index in [-0.39, 0.29) is 24.2 Å². The van der Waals surface area contributed by atoms with Gasteiger partial charge in [-0.25, -0.2) is 0 Å². The van der Waals surface area contributed by atoms with Crippen molar-refractivity contribution in [1.82, 2.24) is 4.90 Å². The maximum Gasteiger partial charge on any atom is 0.254 e. The second-order valence-electron chi connectivity index (χ2n) is 3.83. The molecule has 0 aromatic carbocycles. The molecule has 0 spiro atoms. The monoisotopic (exact) mass is 185 g/mol. The summed E-state index contributed by atoms with van der Waals surface area (Å²) in [5, 5.41) is 9.54. The highest BCUT2D eigenvalue weighted by Crippen LogP contribution is 2.33. The maximum atomic E-state index is 11.3. The second kappa shape index (κ2) is 2.96. The molecular formula is C9H15NO3. The lowest BCUT2D eigenvalue weighted by Gasteiger charge is -2.16. The first-order valence-corrected chi connectivity index (χ1v) is 4.75. The van der Waals surface area contributed by atoms with Crippen LogP contribution < -0.4 is 0 Å². The van der Waals surface area contributed by atoms with E-state index in [2.05, 4.69) is 6.92 Å². The summed E-state index contributed by atoms with van der Waals surface area (Å²) in [6.07, 6.45) is 0.788. The number of fused-ring (bicyclic) bond motifs is 1. The summed E-state index contributed by atoms with van der Waals surface area (Å²) in [6.45, 7) is 2.06. The number of likely N-dealkylation sites (tertiary alicyclic amines) is 1. The van der Waals surface area contributed by atoms with Gasteiger partial charge in [-0.05, 0) is 12.8 Å². The molecule has 2 aliphatic heterocycles. The molecule has 0 aliphatic carbocycles. The number of carbonyl (C=O) groups is 1. The molecule has 74 valence electrons. The first-order chi connectivity index (χ1) is 6.15. The molecule has 4 atom stereocenters. The Labute approximate surface area is 77.5 Å². The third-order valence-corrected chi connectivity index (χ3v) is 3.10. The number of amides is 1. The number of ether oxygens (including phenoxy) is 1. The van der Waals surface area contributed by atoms with Crippen LogP contribution in [0.25, 0.3) is 0 Å². The van der Waals surface area contributed by atoms with Gasteiger partial charge in [0.2, 0.25) is 0 Å². The van der Waals surface area contributed by atoms with E-state index >= 15 is 0 Å². The van der Waals surface area contributed by atoms with Crippen molar-refractivity contribution < 1.29 is 14.6 Å². The van der Waals surface area contributed by atoms with Gasteiger partial charge in [-0.1, -0.05) is 6.92 Å². The van der Waals surface area contributed by atoms with E-state index in [9.17, 15) is 9.90 Å². The Bertz CT molecular complexity index is 211. The smallest absolute Gasteiger partial charge is 0.254 e. The molecule has 2 rings (SSSR count). The highest BCUT2D eigenvalue weighted by atomic mass is 16.5. The van der Waals surface area contributed by atoms with Crippen molar-refractivity contribution in [2.24, 2.45) is 0 Å². The summed E-state index contributed by atoms with van der Waals surface area (Å²) >= 11 is 0. The molecule has 2 heterocycles. The number of nitrogens with zero attached hydrogens (tertiary/aromatic N) is 1. The first kappa shape index (κ1) is 8.97. The summed E-state index contributed by atoms with van der Waals surface area (Å²) in [6, 6.07) is 0.0902. The minimum Gasteiger partial charge on any atom is -0.380 e. The Morgan fingerprint density at radius 3 is 2.92 bits per heavy atom. The van der Waals surface area contributed by atoms with Gasteiger partial charge in [-0.3, -0.25) is 4.79 Å². The van der Waals surface area contributed by atoms with E-state index in [0.717, 1.165) is 12.8 Å². The number of aliphatic hydroxyl groups is 1. The Morgan fingerprint density at radius 1 is 1.69 bits per heavy atom. The number of rotatable bonds is 1. The van der Waals surface area contributed by atoms with E-state index in [1.54, 1.807) is 11.9 Å². The molecule has 2 saturated heterocycles. The SMILES string of the molecule is CCC1C[C@H]2[C@@H](O1)[C@@H](O)C(=O)N2C. The van der Waals surface area contributed by atoms with Crippen molar-refractivity contribution >= 4 is 5.91 Å². The summed E-state index contributed by atoms with van der Waals surface area (Å²) in [5.74, 6) is -0.204. The van der Waals surface area contributed by atoms with Crippen molar-refractivity contribution in [3.8, 4) is 0 Å².